The molecule has 1 aromatic rings. The first-order chi connectivity index (χ1) is 9.54. The summed E-state index contributed by atoms with van der Waals surface area (Å²) < 4.78 is 5.64. The van der Waals surface area contributed by atoms with Crippen molar-refractivity contribution in [2.24, 2.45) is 10.9 Å². The number of amidine groups is 1. The summed E-state index contributed by atoms with van der Waals surface area (Å²) in [4.78, 5) is 4.78. The number of ether oxygens (including phenoxy) is 1. The molecular formula is C16H24N2OS. The summed E-state index contributed by atoms with van der Waals surface area (Å²) in [7, 11) is 0. The first-order valence-electron chi connectivity index (χ1n) is 7.29. The van der Waals surface area contributed by atoms with Gasteiger partial charge in [-0.05, 0) is 50.5 Å². The monoisotopic (exact) mass is 292 g/mol. The summed E-state index contributed by atoms with van der Waals surface area (Å²) >= 11 is 1.80. The van der Waals surface area contributed by atoms with Crippen LogP contribution in [0.2, 0.25) is 0 Å². The number of anilines is 1. The molecule has 0 spiro atoms. The van der Waals surface area contributed by atoms with Crippen molar-refractivity contribution in [3.05, 3.63) is 24.3 Å². The molecule has 1 heterocycles. The van der Waals surface area contributed by atoms with E-state index >= 15 is 0 Å². The Balaban J connectivity index is 1.99. The minimum absolute atomic E-state index is 0.207. The summed E-state index contributed by atoms with van der Waals surface area (Å²) in [5, 5.41) is 4.44. The lowest BCUT2D eigenvalue weighted by molar-refractivity contribution is 0.242. The van der Waals surface area contributed by atoms with Crippen molar-refractivity contribution in [2.45, 2.75) is 46.3 Å². The van der Waals surface area contributed by atoms with E-state index in [1.165, 1.54) is 6.42 Å². The number of hydrogen-bond acceptors (Lipinski definition) is 4. The van der Waals surface area contributed by atoms with Crippen LogP contribution in [0.3, 0.4) is 0 Å². The van der Waals surface area contributed by atoms with Crippen LogP contribution in [-0.2, 0) is 0 Å². The molecule has 0 aliphatic carbocycles. The van der Waals surface area contributed by atoms with Crippen LogP contribution >= 0.6 is 11.8 Å². The number of thioether (sulfide) groups is 1. The fraction of sp³-hybridized carbons (Fsp3) is 0.562. The van der Waals surface area contributed by atoms with Gasteiger partial charge in [-0.15, -0.1) is 0 Å². The summed E-state index contributed by atoms with van der Waals surface area (Å²) in [5.74, 6) is 2.65. The third-order valence-electron chi connectivity index (χ3n) is 3.18. The second kappa shape index (κ2) is 7.02. The maximum Gasteiger partial charge on any atom is 0.161 e. The topological polar surface area (TPSA) is 33.6 Å². The fourth-order valence-electron chi connectivity index (χ4n) is 2.09. The Labute approximate surface area is 126 Å². The number of benzene rings is 1. The van der Waals surface area contributed by atoms with Gasteiger partial charge >= 0.3 is 0 Å². The number of rotatable bonds is 4. The molecular weight excluding hydrogens is 268 g/mol. The Hall–Kier alpha value is -1.16. The number of nitrogens with one attached hydrogen (secondary N) is 1. The highest BCUT2D eigenvalue weighted by Gasteiger charge is 2.18. The average molecular weight is 292 g/mol. The van der Waals surface area contributed by atoms with Gasteiger partial charge in [-0.3, -0.25) is 4.99 Å². The average Bonchev–Trinajstić information content (AvgIpc) is 2.41. The van der Waals surface area contributed by atoms with Crippen molar-refractivity contribution in [3.8, 4) is 5.75 Å². The maximum atomic E-state index is 5.64. The molecule has 110 valence electrons. The van der Waals surface area contributed by atoms with Crippen molar-refractivity contribution in [1.82, 2.24) is 0 Å². The smallest absolute Gasteiger partial charge is 0.161 e. The standard InChI is InChI=1S/C16H24N2OS/c1-11(2)15-9-10-20-16(18-15)17-13-5-7-14(8-6-13)19-12(3)4/h5-8,11-12,15H,9-10H2,1-4H3,(H,17,18). The molecule has 20 heavy (non-hydrogen) atoms. The van der Waals surface area contributed by atoms with Crippen LogP contribution in [0.4, 0.5) is 5.69 Å². The van der Waals surface area contributed by atoms with E-state index in [4.69, 9.17) is 9.73 Å². The SMILES string of the molecule is CC(C)Oc1ccc(NC2=NC(C(C)C)CCS2)cc1. The zero-order valence-corrected chi connectivity index (χ0v) is 13.5. The minimum Gasteiger partial charge on any atom is -0.491 e. The Bertz CT molecular complexity index is 454. The Morgan fingerprint density at radius 2 is 1.90 bits per heavy atom. The van der Waals surface area contributed by atoms with Crippen LogP contribution in [-0.4, -0.2) is 23.1 Å². The molecule has 0 saturated heterocycles. The third kappa shape index (κ3) is 4.44. The molecule has 1 unspecified atom stereocenters. The van der Waals surface area contributed by atoms with Crippen LogP contribution in [0.1, 0.15) is 34.1 Å². The summed E-state index contributed by atoms with van der Waals surface area (Å²) in [6.07, 6.45) is 1.38. The largest absolute Gasteiger partial charge is 0.491 e. The molecule has 0 saturated carbocycles. The van der Waals surface area contributed by atoms with Gasteiger partial charge in [-0.2, -0.15) is 0 Å². The molecule has 1 aliphatic heterocycles. The summed E-state index contributed by atoms with van der Waals surface area (Å²) in [6.45, 7) is 8.54. The second-order valence-corrected chi connectivity index (χ2v) is 6.78. The van der Waals surface area contributed by atoms with Crippen LogP contribution in [0.5, 0.6) is 5.75 Å². The molecule has 1 aliphatic rings. The highest BCUT2D eigenvalue weighted by atomic mass is 32.2. The fourth-order valence-corrected chi connectivity index (χ4v) is 3.04. The van der Waals surface area contributed by atoms with Crippen LogP contribution in [0.15, 0.2) is 29.3 Å². The molecule has 0 aromatic heterocycles. The lowest BCUT2D eigenvalue weighted by Crippen LogP contribution is -2.23. The molecule has 4 heteroatoms. The molecule has 1 aromatic carbocycles. The Morgan fingerprint density at radius 3 is 2.50 bits per heavy atom. The summed E-state index contributed by atoms with van der Waals surface area (Å²) in [5.41, 5.74) is 1.07. The molecule has 2 rings (SSSR count). The van der Waals surface area contributed by atoms with Gasteiger partial charge in [0.15, 0.2) is 5.17 Å². The van der Waals surface area contributed by atoms with E-state index < -0.39 is 0 Å². The predicted molar refractivity (Wildman–Crippen MR) is 89.0 cm³/mol. The molecule has 0 bridgehead atoms. The maximum absolute atomic E-state index is 5.64. The van der Waals surface area contributed by atoms with Gasteiger partial charge in [0.1, 0.15) is 5.75 Å². The zero-order chi connectivity index (χ0) is 14.5. The van der Waals surface area contributed by atoms with Crippen LogP contribution in [0.25, 0.3) is 0 Å². The highest BCUT2D eigenvalue weighted by Crippen LogP contribution is 2.24. The molecule has 0 fully saturated rings. The Morgan fingerprint density at radius 1 is 1.20 bits per heavy atom. The van der Waals surface area contributed by atoms with E-state index in [0.717, 1.165) is 22.4 Å². The van der Waals surface area contributed by atoms with Crippen molar-refractivity contribution >= 4 is 22.6 Å². The first kappa shape index (κ1) is 15.2. The molecule has 0 amide bonds. The van der Waals surface area contributed by atoms with Crippen molar-refractivity contribution in [1.29, 1.82) is 0 Å². The van der Waals surface area contributed by atoms with Gasteiger partial charge in [0.05, 0.1) is 12.1 Å². The number of hydrogen-bond donors (Lipinski definition) is 1. The van der Waals surface area contributed by atoms with Crippen LogP contribution < -0.4 is 10.1 Å². The van der Waals surface area contributed by atoms with Gasteiger partial charge < -0.3 is 10.1 Å². The van der Waals surface area contributed by atoms with Crippen molar-refractivity contribution in [3.63, 3.8) is 0 Å². The van der Waals surface area contributed by atoms with E-state index in [9.17, 15) is 0 Å². The van der Waals surface area contributed by atoms with Gasteiger partial charge in [-0.1, -0.05) is 25.6 Å². The van der Waals surface area contributed by atoms with Gasteiger partial charge in [0.25, 0.3) is 0 Å². The van der Waals surface area contributed by atoms with E-state index in [2.05, 4.69) is 19.2 Å². The van der Waals surface area contributed by atoms with Gasteiger partial charge in [-0.25, -0.2) is 0 Å². The van der Waals surface area contributed by atoms with E-state index in [1.807, 2.05) is 38.1 Å². The predicted octanol–water partition coefficient (Wildman–Crippen LogP) is 4.40. The van der Waals surface area contributed by atoms with Gasteiger partial charge in [0, 0.05) is 11.4 Å². The first-order valence-corrected chi connectivity index (χ1v) is 8.27. The van der Waals surface area contributed by atoms with Crippen LogP contribution in [0, 0.1) is 5.92 Å². The molecule has 1 N–H and O–H groups in total. The third-order valence-corrected chi connectivity index (χ3v) is 4.10. The van der Waals surface area contributed by atoms with Crippen molar-refractivity contribution in [2.75, 3.05) is 11.1 Å². The zero-order valence-electron chi connectivity index (χ0n) is 12.7. The normalized spacial score (nSPS) is 19.1. The highest BCUT2D eigenvalue weighted by molar-refractivity contribution is 8.14. The lowest BCUT2D eigenvalue weighted by Gasteiger charge is -2.23. The number of nitrogens with zero attached hydrogens (tertiary/aromatic N) is 1. The molecule has 1 atom stereocenters. The van der Waals surface area contributed by atoms with Crippen molar-refractivity contribution < 1.29 is 4.74 Å². The van der Waals surface area contributed by atoms with E-state index in [-0.39, 0.29) is 6.10 Å². The van der Waals surface area contributed by atoms with Gasteiger partial charge in [0.2, 0.25) is 0 Å². The van der Waals surface area contributed by atoms with E-state index in [1.54, 1.807) is 11.8 Å². The molecule has 0 radical (unpaired) electrons. The van der Waals surface area contributed by atoms with E-state index in [0.29, 0.717) is 12.0 Å². The molecule has 3 nitrogen and oxygen atoms in total. The number of aliphatic imine (C=N–C) groups is 1. The summed E-state index contributed by atoms with van der Waals surface area (Å²) in [6, 6.07) is 8.52. The minimum atomic E-state index is 0.207. The Kier molecular flexibility index (Phi) is 5.35. The lowest BCUT2D eigenvalue weighted by atomic mass is 10.0. The second-order valence-electron chi connectivity index (χ2n) is 5.70. The quantitative estimate of drug-likeness (QED) is 0.893.